The highest BCUT2D eigenvalue weighted by Gasteiger charge is 2.19. The molecule has 0 aliphatic rings. The van der Waals surface area contributed by atoms with Gasteiger partial charge in [-0.3, -0.25) is 10.9 Å². The molecule has 1 atom stereocenters. The van der Waals surface area contributed by atoms with Crippen LogP contribution in [0.2, 0.25) is 5.02 Å². The Bertz CT molecular complexity index is 663. The lowest BCUT2D eigenvalue weighted by Gasteiger charge is -2.08. The number of benzene rings is 1. The van der Waals surface area contributed by atoms with Crippen LogP contribution < -0.4 is 11.3 Å². The Morgan fingerprint density at radius 3 is 3.00 bits per heavy atom. The molecule has 0 radical (unpaired) electrons. The second-order valence-corrected chi connectivity index (χ2v) is 4.24. The summed E-state index contributed by atoms with van der Waals surface area (Å²) < 4.78 is 5.71. The first-order valence-corrected chi connectivity index (χ1v) is 5.66. The van der Waals surface area contributed by atoms with Crippen molar-refractivity contribution in [1.29, 1.82) is 0 Å². The zero-order valence-corrected chi connectivity index (χ0v) is 9.98. The van der Waals surface area contributed by atoms with Gasteiger partial charge in [-0.2, -0.15) is 5.10 Å². The van der Waals surface area contributed by atoms with Crippen molar-refractivity contribution in [3.05, 3.63) is 47.2 Å². The van der Waals surface area contributed by atoms with E-state index in [9.17, 15) is 0 Å². The molecular formula is C11H10ClN5O. The molecule has 0 spiro atoms. The SMILES string of the molecule is NNC(c1ncn[nH]1)c1cc2cc(Cl)ccc2o1. The summed E-state index contributed by atoms with van der Waals surface area (Å²) in [5.41, 5.74) is 3.38. The summed E-state index contributed by atoms with van der Waals surface area (Å²) in [5, 5.41) is 8.12. The standard InChI is InChI=1S/C11H10ClN5O/c12-7-1-2-8-6(3-7)4-9(18-8)10(16-13)11-14-5-15-17-11/h1-5,10,16H,13H2,(H,14,15,17). The van der Waals surface area contributed by atoms with Crippen molar-refractivity contribution in [3.63, 3.8) is 0 Å². The molecule has 0 aliphatic heterocycles. The Labute approximate surface area is 107 Å². The summed E-state index contributed by atoms with van der Waals surface area (Å²) in [6.07, 6.45) is 1.42. The van der Waals surface area contributed by atoms with Gasteiger partial charge >= 0.3 is 0 Å². The van der Waals surface area contributed by atoms with Crippen LogP contribution in [0.5, 0.6) is 0 Å². The summed E-state index contributed by atoms with van der Waals surface area (Å²) in [4.78, 5) is 4.06. The third-order valence-corrected chi connectivity index (χ3v) is 2.89. The summed E-state index contributed by atoms with van der Waals surface area (Å²) in [5.74, 6) is 6.75. The van der Waals surface area contributed by atoms with Gasteiger partial charge in [-0.15, -0.1) is 0 Å². The number of halogens is 1. The van der Waals surface area contributed by atoms with Crippen molar-refractivity contribution in [2.45, 2.75) is 6.04 Å². The van der Waals surface area contributed by atoms with Crippen LogP contribution in [0.15, 0.2) is 35.0 Å². The maximum atomic E-state index is 5.93. The van der Waals surface area contributed by atoms with Gasteiger partial charge in [0.2, 0.25) is 0 Å². The number of rotatable bonds is 3. The number of hydrogen-bond donors (Lipinski definition) is 3. The van der Waals surface area contributed by atoms with Gasteiger partial charge in [0.1, 0.15) is 23.7 Å². The fourth-order valence-electron chi connectivity index (χ4n) is 1.83. The number of nitrogens with two attached hydrogens (primary N) is 1. The molecule has 4 N–H and O–H groups in total. The van der Waals surface area contributed by atoms with Gasteiger partial charge in [-0.1, -0.05) is 11.6 Å². The highest BCUT2D eigenvalue weighted by atomic mass is 35.5. The second kappa shape index (κ2) is 4.41. The zero-order valence-electron chi connectivity index (χ0n) is 9.22. The lowest BCUT2D eigenvalue weighted by molar-refractivity contribution is 0.465. The first-order chi connectivity index (χ1) is 8.78. The third kappa shape index (κ3) is 1.86. The van der Waals surface area contributed by atoms with Crippen LogP contribution in [-0.2, 0) is 0 Å². The number of H-pyrrole nitrogens is 1. The van der Waals surface area contributed by atoms with Crippen LogP contribution >= 0.6 is 11.6 Å². The van der Waals surface area contributed by atoms with Gasteiger partial charge < -0.3 is 4.42 Å². The predicted octanol–water partition coefficient (Wildman–Crippen LogP) is 1.76. The Morgan fingerprint density at radius 1 is 1.39 bits per heavy atom. The van der Waals surface area contributed by atoms with E-state index in [1.807, 2.05) is 18.2 Å². The Balaban J connectivity index is 2.07. The third-order valence-electron chi connectivity index (χ3n) is 2.66. The fraction of sp³-hybridized carbons (Fsp3) is 0.0909. The van der Waals surface area contributed by atoms with E-state index in [4.69, 9.17) is 21.9 Å². The Hall–Kier alpha value is -1.89. The molecule has 7 heteroatoms. The van der Waals surface area contributed by atoms with Crippen molar-refractivity contribution < 1.29 is 4.42 Å². The van der Waals surface area contributed by atoms with Crippen molar-refractivity contribution in [3.8, 4) is 0 Å². The highest BCUT2D eigenvalue weighted by Crippen LogP contribution is 2.27. The van der Waals surface area contributed by atoms with Crippen LogP contribution in [0.3, 0.4) is 0 Å². The normalized spacial score (nSPS) is 13.0. The number of fused-ring (bicyclic) bond motifs is 1. The number of furan rings is 1. The van der Waals surface area contributed by atoms with Crippen molar-refractivity contribution in [2.24, 2.45) is 5.84 Å². The lowest BCUT2D eigenvalue weighted by atomic mass is 10.2. The fourth-order valence-corrected chi connectivity index (χ4v) is 2.01. The quantitative estimate of drug-likeness (QED) is 0.495. The van der Waals surface area contributed by atoms with E-state index in [-0.39, 0.29) is 6.04 Å². The first kappa shape index (κ1) is 11.2. The minimum absolute atomic E-state index is 0.376. The summed E-state index contributed by atoms with van der Waals surface area (Å²) in [6.45, 7) is 0. The average molecular weight is 264 g/mol. The predicted molar refractivity (Wildman–Crippen MR) is 66.8 cm³/mol. The van der Waals surface area contributed by atoms with Gasteiger partial charge in [-0.05, 0) is 24.3 Å². The number of hydrazine groups is 1. The lowest BCUT2D eigenvalue weighted by Crippen LogP contribution is -2.29. The van der Waals surface area contributed by atoms with Crippen LogP contribution in [0, 0.1) is 0 Å². The van der Waals surface area contributed by atoms with Crippen LogP contribution in [0.4, 0.5) is 0 Å². The monoisotopic (exact) mass is 263 g/mol. The van der Waals surface area contributed by atoms with E-state index in [0.29, 0.717) is 16.6 Å². The topological polar surface area (TPSA) is 92.8 Å². The molecule has 2 aromatic heterocycles. The molecule has 0 fully saturated rings. The molecule has 1 unspecified atom stereocenters. The average Bonchev–Trinajstić information content (AvgIpc) is 2.98. The highest BCUT2D eigenvalue weighted by molar-refractivity contribution is 6.31. The van der Waals surface area contributed by atoms with E-state index < -0.39 is 0 Å². The Morgan fingerprint density at radius 2 is 2.28 bits per heavy atom. The van der Waals surface area contributed by atoms with Crippen LogP contribution in [0.1, 0.15) is 17.6 Å². The van der Waals surface area contributed by atoms with Crippen LogP contribution in [0.25, 0.3) is 11.0 Å². The second-order valence-electron chi connectivity index (χ2n) is 3.80. The summed E-state index contributed by atoms with van der Waals surface area (Å²) in [6, 6.07) is 6.91. The minimum Gasteiger partial charge on any atom is -0.459 e. The largest absolute Gasteiger partial charge is 0.459 e. The van der Waals surface area contributed by atoms with E-state index >= 15 is 0 Å². The maximum Gasteiger partial charge on any atom is 0.150 e. The maximum absolute atomic E-state index is 5.93. The van der Waals surface area contributed by atoms with E-state index in [0.717, 1.165) is 11.0 Å². The molecule has 2 heterocycles. The zero-order chi connectivity index (χ0) is 12.5. The van der Waals surface area contributed by atoms with Gasteiger partial charge in [0.15, 0.2) is 5.82 Å². The molecule has 0 bridgehead atoms. The van der Waals surface area contributed by atoms with Gasteiger partial charge in [0, 0.05) is 10.4 Å². The number of nitrogens with zero attached hydrogens (tertiary/aromatic N) is 2. The molecule has 0 amide bonds. The molecule has 0 aliphatic carbocycles. The number of aromatic amines is 1. The minimum atomic E-state index is -0.376. The van der Waals surface area contributed by atoms with E-state index in [1.165, 1.54) is 6.33 Å². The van der Waals surface area contributed by atoms with Crippen molar-refractivity contribution >= 4 is 22.6 Å². The van der Waals surface area contributed by atoms with Gasteiger partial charge in [0.05, 0.1) is 0 Å². The molecule has 3 aromatic rings. The molecule has 0 saturated carbocycles. The molecule has 18 heavy (non-hydrogen) atoms. The smallest absolute Gasteiger partial charge is 0.150 e. The van der Waals surface area contributed by atoms with Crippen LogP contribution in [-0.4, -0.2) is 15.2 Å². The molecule has 6 nitrogen and oxygen atoms in total. The first-order valence-electron chi connectivity index (χ1n) is 5.28. The number of nitrogens with one attached hydrogen (secondary N) is 2. The van der Waals surface area contributed by atoms with Gasteiger partial charge in [-0.25, -0.2) is 10.4 Å². The molecule has 3 rings (SSSR count). The van der Waals surface area contributed by atoms with Crippen molar-refractivity contribution in [1.82, 2.24) is 20.6 Å². The summed E-state index contributed by atoms with van der Waals surface area (Å²) >= 11 is 5.93. The number of aromatic nitrogens is 3. The van der Waals surface area contributed by atoms with E-state index in [1.54, 1.807) is 6.07 Å². The van der Waals surface area contributed by atoms with E-state index in [2.05, 4.69) is 20.6 Å². The van der Waals surface area contributed by atoms with Gasteiger partial charge in [0.25, 0.3) is 0 Å². The number of hydrogen-bond acceptors (Lipinski definition) is 5. The molecular weight excluding hydrogens is 254 g/mol. The molecule has 0 saturated heterocycles. The molecule has 92 valence electrons. The Kier molecular flexibility index (Phi) is 2.75. The van der Waals surface area contributed by atoms with Crippen molar-refractivity contribution in [2.75, 3.05) is 0 Å². The molecule has 1 aromatic carbocycles. The summed E-state index contributed by atoms with van der Waals surface area (Å²) in [7, 11) is 0.